The monoisotopic (exact) mass is 310 g/mol. The van der Waals surface area contributed by atoms with Gasteiger partial charge < -0.3 is 19.7 Å². The van der Waals surface area contributed by atoms with Gasteiger partial charge in [0.1, 0.15) is 12.4 Å². The highest BCUT2D eigenvalue weighted by Gasteiger charge is 2.02. The first-order chi connectivity index (χ1) is 7.59. The lowest BCUT2D eigenvalue weighted by atomic mass is 10.3. The Balaban J connectivity index is 2.29. The fourth-order valence-corrected chi connectivity index (χ4v) is 1.50. The molecule has 0 aromatic heterocycles. The van der Waals surface area contributed by atoms with Gasteiger partial charge in [0.15, 0.2) is 6.29 Å². The summed E-state index contributed by atoms with van der Waals surface area (Å²) >= 11 is 9.19. The first-order valence-corrected chi connectivity index (χ1v) is 5.78. The Bertz CT molecular complexity index is 333. The summed E-state index contributed by atoms with van der Waals surface area (Å²) in [6.45, 7) is 0.429. The van der Waals surface area contributed by atoms with Crippen molar-refractivity contribution in [2.24, 2.45) is 0 Å². The molecular weight excluding hydrogens is 299 g/mol. The highest BCUT2D eigenvalue weighted by atomic mass is 79.9. The standard InChI is InChI=1S/C10H12BrClO4/c11-7-1-2-8(12)9(5-7)16-4-3-15-6-10(13)14/h1-2,5,10,13-14H,3-4,6H2. The molecule has 0 bridgehead atoms. The van der Waals surface area contributed by atoms with Gasteiger partial charge in [-0.25, -0.2) is 0 Å². The summed E-state index contributed by atoms with van der Waals surface area (Å²) in [6, 6.07) is 5.29. The number of aliphatic hydroxyl groups excluding tert-OH is 1. The van der Waals surface area contributed by atoms with Crippen LogP contribution >= 0.6 is 27.5 Å². The van der Waals surface area contributed by atoms with Gasteiger partial charge in [-0.2, -0.15) is 0 Å². The molecule has 4 nitrogen and oxygen atoms in total. The van der Waals surface area contributed by atoms with E-state index in [1.807, 2.05) is 6.07 Å². The van der Waals surface area contributed by atoms with Crippen LogP contribution < -0.4 is 4.74 Å². The minimum Gasteiger partial charge on any atom is -0.490 e. The summed E-state index contributed by atoms with van der Waals surface area (Å²) in [4.78, 5) is 0. The SMILES string of the molecule is OC(O)COCCOc1cc(Br)ccc1Cl. The van der Waals surface area contributed by atoms with Gasteiger partial charge in [0, 0.05) is 4.47 Å². The molecule has 2 N–H and O–H groups in total. The van der Waals surface area contributed by atoms with Crippen molar-refractivity contribution in [1.29, 1.82) is 0 Å². The van der Waals surface area contributed by atoms with Crippen molar-refractivity contribution in [3.05, 3.63) is 27.7 Å². The first kappa shape index (κ1) is 13.7. The van der Waals surface area contributed by atoms with Crippen LogP contribution in [0.25, 0.3) is 0 Å². The Morgan fingerprint density at radius 3 is 2.75 bits per heavy atom. The fraction of sp³-hybridized carbons (Fsp3) is 0.400. The summed E-state index contributed by atoms with van der Waals surface area (Å²) in [7, 11) is 0. The zero-order chi connectivity index (χ0) is 12.0. The van der Waals surface area contributed by atoms with Crippen LogP contribution in [0.4, 0.5) is 0 Å². The molecule has 1 rings (SSSR count). The van der Waals surface area contributed by atoms with Crippen molar-refractivity contribution in [3.63, 3.8) is 0 Å². The van der Waals surface area contributed by atoms with E-state index in [9.17, 15) is 0 Å². The van der Waals surface area contributed by atoms with E-state index in [4.69, 9.17) is 31.3 Å². The molecule has 0 amide bonds. The van der Waals surface area contributed by atoms with Gasteiger partial charge in [0.25, 0.3) is 0 Å². The molecule has 0 heterocycles. The van der Waals surface area contributed by atoms with Crippen LogP contribution in [0.3, 0.4) is 0 Å². The molecule has 0 fully saturated rings. The van der Waals surface area contributed by atoms with Gasteiger partial charge in [0.2, 0.25) is 0 Å². The van der Waals surface area contributed by atoms with Crippen LogP contribution in [0.15, 0.2) is 22.7 Å². The lowest BCUT2D eigenvalue weighted by molar-refractivity contribution is -0.0969. The number of benzene rings is 1. The molecule has 1 aromatic rings. The van der Waals surface area contributed by atoms with Crippen molar-refractivity contribution in [3.8, 4) is 5.75 Å². The van der Waals surface area contributed by atoms with Crippen LogP contribution in [-0.4, -0.2) is 36.3 Å². The van der Waals surface area contributed by atoms with Crippen LogP contribution in [0, 0.1) is 0 Å². The molecule has 1 aromatic carbocycles. The van der Waals surface area contributed by atoms with Crippen molar-refractivity contribution < 1.29 is 19.7 Å². The maximum atomic E-state index is 8.51. The van der Waals surface area contributed by atoms with E-state index in [2.05, 4.69) is 15.9 Å². The van der Waals surface area contributed by atoms with E-state index < -0.39 is 6.29 Å². The Hall–Kier alpha value is -0.330. The van der Waals surface area contributed by atoms with Crippen LogP contribution in [-0.2, 0) is 4.74 Å². The molecule has 90 valence electrons. The Morgan fingerprint density at radius 2 is 2.06 bits per heavy atom. The van der Waals surface area contributed by atoms with Crippen LogP contribution in [0.5, 0.6) is 5.75 Å². The third-order valence-electron chi connectivity index (χ3n) is 1.65. The van der Waals surface area contributed by atoms with E-state index in [1.54, 1.807) is 12.1 Å². The highest BCUT2D eigenvalue weighted by Crippen LogP contribution is 2.27. The lowest BCUT2D eigenvalue weighted by Crippen LogP contribution is -2.16. The maximum Gasteiger partial charge on any atom is 0.175 e. The summed E-state index contributed by atoms with van der Waals surface area (Å²) in [5.74, 6) is 0.559. The molecule has 6 heteroatoms. The highest BCUT2D eigenvalue weighted by molar-refractivity contribution is 9.10. The molecule has 16 heavy (non-hydrogen) atoms. The van der Waals surface area contributed by atoms with Crippen molar-refractivity contribution in [2.45, 2.75) is 6.29 Å². The number of ether oxygens (including phenoxy) is 2. The molecule has 0 spiro atoms. The Labute approximate surface area is 107 Å². The van der Waals surface area contributed by atoms with Gasteiger partial charge in [-0.05, 0) is 18.2 Å². The zero-order valence-corrected chi connectivity index (χ0v) is 10.7. The van der Waals surface area contributed by atoms with E-state index in [0.717, 1.165) is 4.47 Å². The number of aliphatic hydroxyl groups is 2. The number of hydrogen-bond donors (Lipinski definition) is 2. The predicted octanol–water partition coefficient (Wildman–Crippen LogP) is 1.81. The summed E-state index contributed by atoms with van der Waals surface area (Å²) in [5, 5.41) is 17.5. The first-order valence-electron chi connectivity index (χ1n) is 4.61. The molecule has 0 aliphatic carbocycles. The second-order valence-electron chi connectivity index (χ2n) is 2.98. The lowest BCUT2D eigenvalue weighted by Gasteiger charge is -2.09. The van der Waals surface area contributed by atoms with Gasteiger partial charge in [-0.1, -0.05) is 27.5 Å². The van der Waals surface area contributed by atoms with Crippen LogP contribution in [0.2, 0.25) is 5.02 Å². The number of rotatable bonds is 6. The van der Waals surface area contributed by atoms with Gasteiger partial charge >= 0.3 is 0 Å². The molecule has 0 saturated carbocycles. The summed E-state index contributed by atoms with van der Waals surface area (Å²) in [6.07, 6.45) is -1.45. The third kappa shape index (κ3) is 5.14. The van der Waals surface area contributed by atoms with Crippen molar-refractivity contribution >= 4 is 27.5 Å². The molecule has 0 unspecified atom stereocenters. The second kappa shape index (κ2) is 7.09. The normalized spacial score (nSPS) is 10.8. The zero-order valence-electron chi connectivity index (χ0n) is 8.40. The third-order valence-corrected chi connectivity index (χ3v) is 2.45. The van der Waals surface area contributed by atoms with Gasteiger partial charge in [-0.3, -0.25) is 0 Å². The van der Waals surface area contributed by atoms with Gasteiger partial charge in [-0.15, -0.1) is 0 Å². The topological polar surface area (TPSA) is 58.9 Å². The molecule has 0 saturated heterocycles. The van der Waals surface area contributed by atoms with Gasteiger partial charge in [0.05, 0.1) is 18.2 Å². The second-order valence-corrected chi connectivity index (χ2v) is 4.30. The summed E-state index contributed by atoms with van der Waals surface area (Å²) < 4.78 is 11.1. The maximum absolute atomic E-state index is 8.51. The summed E-state index contributed by atoms with van der Waals surface area (Å²) in [5.41, 5.74) is 0. The number of hydrogen-bond acceptors (Lipinski definition) is 4. The molecule has 0 aliphatic heterocycles. The minimum absolute atomic E-state index is 0.129. The molecule has 0 aliphatic rings. The van der Waals surface area contributed by atoms with Crippen molar-refractivity contribution in [1.82, 2.24) is 0 Å². The van der Waals surface area contributed by atoms with E-state index in [-0.39, 0.29) is 13.2 Å². The number of halogens is 2. The van der Waals surface area contributed by atoms with E-state index in [0.29, 0.717) is 17.4 Å². The largest absolute Gasteiger partial charge is 0.490 e. The van der Waals surface area contributed by atoms with E-state index >= 15 is 0 Å². The molecule has 0 atom stereocenters. The average Bonchev–Trinajstić information content (AvgIpc) is 2.22. The minimum atomic E-state index is -1.45. The Kier molecular flexibility index (Phi) is 6.08. The predicted molar refractivity (Wildman–Crippen MR) is 63.7 cm³/mol. The Morgan fingerprint density at radius 1 is 1.31 bits per heavy atom. The van der Waals surface area contributed by atoms with Crippen molar-refractivity contribution in [2.75, 3.05) is 19.8 Å². The smallest absolute Gasteiger partial charge is 0.175 e. The quantitative estimate of drug-likeness (QED) is 0.621. The fourth-order valence-electron chi connectivity index (χ4n) is 0.987. The molecular formula is C10H12BrClO4. The average molecular weight is 312 g/mol. The van der Waals surface area contributed by atoms with E-state index in [1.165, 1.54) is 0 Å². The molecule has 0 radical (unpaired) electrons. The van der Waals surface area contributed by atoms with Crippen LogP contribution in [0.1, 0.15) is 0 Å².